The van der Waals surface area contributed by atoms with Crippen LogP contribution in [0, 0.1) is 22.7 Å². The average Bonchev–Trinajstić information content (AvgIpc) is 3.56. The Hall–Kier alpha value is -2.76. The summed E-state index contributed by atoms with van der Waals surface area (Å²) in [6, 6.07) is 8.89. The number of aromatic carboxylic acids is 1. The number of hydrogen-bond acceptors (Lipinski definition) is 5. The first-order valence-corrected chi connectivity index (χ1v) is 12.6. The van der Waals surface area contributed by atoms with E-state index in [2.05, 4.69) is 18.6 Å². The largest absolute Gasteiger partial charge is 0.491 e. The molecule has 4 rings (SSSR count). The Morgan fingerprint density at radius 3 is 2.55 bits per heavy atom. The van der Waals surface area contributed by atoms with Crippen molar-refractivity contribution in [3.63, 3.8) is 0 Å². The number of anilines is 1. The molecule has 9 heteroatoms. The lowest BCUT2D eigenvalue weighted by Gasteiger charge is -2.42. The molecule has 0 aromatic heterocycles. The van der Waals surface area contributed by atoms with Crippen LogP contribution in [-0.2, 0) is 10.0 Å². The van der Waals surface area contributed by atoms with Crippen LogP contribution in [0.25, 0.3) is 0 Å². The number of sulfonamides is 1. The number of ether oxygens (including phenoxy) is 1. The molecule has 0 amide bonds. The van der Waals surface area contributed by atoms with Crippen molar-refractivity contribution >= 4 is 33.3 Å². The number of nitriles is 1. The van der Waals surface area contributed by atoms with Gasteiger partial charge < -0.3 is 9.84 Å². The van der Waals surface area contributed by atoms with Crippen molar-refractivity contribution in [3.8, 4) is 11.8 Å². The van der Waals surface area contributed by atoms with Crippen LogP contribution in [-0.4, -0.2) is 26.1 Å². The third kappa shape index (κ3) is 5.10. The molecule has 2 aliphatic rings. The van der Waals surface area contributed by atoms with E-state index in [1.807, 2.05) is 6.07 Å². The van der Waals surface area contributed by atoms with Gasteiger partial charge in [0.25, 0.3) is 10.0 Å². The third-order valence-corrected chi connectivity index (χ3v) is 7.89. The maximum absolute atomic E-state index is 13.4. The normalized spacial score (nSPS) is 17.6. The van der Waals surface area contributed by atoms with Gasteiger partial charge in [-0.05, 0) is 66.7 Å². The summed E-state index contributed by atoms with van der Waals surface area (Å²) in [6.45, 7) is 4.77. The minimum absolute atomic E-state index is 0.0787. The first-order valence-electron chi connectivity index (χ1n) is 10.8. The lowest BCUT2D eigenvalue weighted by molar-refractivity contribution is 0.0554. The Morgan fingerprint density at radius 2 is 1.97 bits per heavy atom. The summed E-state index contributed by atoms with van der Waals surface area (Å²) >= 11 is 6.18. The molecular formula is C24H25ClN2O5S. The van der Waals surface area contributed by atoms with Gasteiger partial charge in [-0.15, -0.1) is 0 Å². The second kappa shape index (κ2) is 8.54. The SMILES string of the molecule is CC1(C)CC(COc2cc(Cl)c(C#N)cc2NS(=O)(=O)c2cc(C(=O)O)ccc2C2CC2)C1. The number of hydrogen-bond donors (Lipinski definition) is 2. The van der Waals surface area contributed by atoms with Gasteiger partial charge in [0.15, 0.2) is 0 Å². The summed E-state index contributed by atoms with van der Waals surface area (Å²) in [5.74, 6) is -0.543. The van der Waals surface area contributed by atoms with Crippen LogP contribution in [0.5, 0.6) is 5.75 Å². The minimum Gasteiger partial charge on any atom is -0.491 e. The van der Waals surface area contributed by atoms with Gasteiger partial charge in [-0.25, -0.2) is 13.2 Å². The van der Waals surface area contributed by atoms with Crippen LogP contribution >= 0.6 is 11.6 Å². The molecule has 0 spiro atoms. The van der Waals surface area contributed by atoms with Crippen LogP contribution in [0.15, 0.2) is 35.2 Å². The van der Waals surface area contributed by atoms with E-state index < -0.39 is 16.0 Å². The first-order chi connectivity index (χ1) is 15.5. The zero-order valence-electron chi connectivity index (χ0n) is 18.4. The van der Waals surface area contributed by atoms with Crippen molar-refractivity contribution in [2.45, 2.75) is 50.3 Å². The van der Waals surface area contributed by atoms with Gasteiger partial charge in [0.1, 0.15) is 11.8 Å². The van der Waals surface area contributed by atoms with Crippen molar-refractivity contribution in [1.29, 1.82) is 5.26 Å². The topological polar surface area (TPSA) is 116 Å². The van der Waals surface area contributed by atoms with Gasteiger partial charge in [0.05, 0.1) is 33.3 Å². The number of halogens is 1. The fourth-order valence-corrected chi connectivity index (χ4v) is 6.08. The molecule has 2 saturated carbocycles. The molecule has 2 N–H and O–H groups in total. The highest BCUT2D eigenvalue weighted by Crippen LogP contribution is 2.46. The molecule has 33 heavy (non-hydrogen) atoms. The molecule has 0 unspecified atom stereocenters. The average molecular weight is 489 g/mol. The zero-order valence-corrected chi connectivity index (χ0v) is 20.0. The molecule has 2 fully saturated rings. The van der Waals surface area contributed by atoms with E-state index in [0.29, 0.717) is 18.1 Å². The number of benzene rings is 2. The summed E-state index contributed by atoms with van der Waals surface area (Å²) in [6.07, 6.45) is 3.71. The maximum Gasteiger partial charge on any atom is 0.335 e. The molecular weight excluding hydrogens is 464 g/mol. The van der Waals surface area contributed by atoms with E-state index in [4.69, 9.17) is 16.3 Å². The minimum atomic E-state index is -4.16. The maximum atomic E-state index is 13.4. The Morgan fingerprint density at radius 1 is 1.27 bits per heavy atom. The van der Waals surface area contributed by atoms with E-state index >= 15 is 0 Å². The molecule has 0 saturated heterocycles. The molecule has 0 radical (unpaired) electrons. The lowest BCUT2D eigenvalue weighted by Crippen LogP contribution is -2.35. The molecule has 0 atom stereocenters. The number of carbonyl (C=O) groups is 1. The molecule has 0 heterocycles. The fraction of sp³-hybridized carbons (Fsp3) is 0.417. The quantitative estimate of drug-likeness (QED) is 0.513. The van der Waals surface area contributed by atoms with Gasteiger partial charge in [0.2, 0.25) is 0 Å². The zero-order chi connectivity index (χ0) is 24.0. The van der Waals surface area contributed by atoms with Crippen molar-refractivity contribution in [2.75, 3.05) is 11.3 Å². The lowest BCUT2D eigenvalue weighted by atomic mass is 9.65. The van der Waals surface area contributed by atoms with E-state index in [9.17, 15) is 23.6 Å². The second-order valence-electron chi connectivity index (χ2n) is 9.63. The third-order valence-electron chi connectivity index (χ3n) is 6.16. The van der Waals surface area contributed by atoms with Gasteiger partial charge in [0, 0.05) is 6.07 Å². The van der Waals surface area contributed by atoms with Crippen molar-refractivity contribution < 1.29 is 23.1 Å². The van der Waals surface area contributed by atoms with Gasteiger partial charge in [-0.1, -0.05) is 31.5 Å². The van der Waals surface area contributed by atoms with Crippen LogP contribution in [0.1, 0.15) is 66.9 Å². The highest BCUT2D eigenvalue weighted by molar-refractivity contribution is 7.92. The predicted molar refractivity (Wildman–Crippen MR) is 124 cm³/mol. The smallest absolute Gasteiger partial charge is 0.335 e. The van der Waals surface area contributed by atoms with Crippen molar-refractivity contribution in [3.05, 3.63) is 52.0 Å². The molecule has 2 aromatic rings. The summed E-state index contributed by atoms with van der Waals surface area (Å²) in [5.41, 5.74) is 0.943. The van der Waals surface area contributed by atoms with Gasteiger partial charge in [-0.2, -0.15) is 5.26 Å². The Kier molecular flexibility index (Phi) is 6.06. The summed E-state index contributed by atoms with van der Waals surface area (Å²) < 4.78 is 35.2. The van der Waals surface area contributed by atoms with E-state index in [-0.39, 0.29) is 43.8 Å². The number of carboxylic acids is 1. The Bertz CT molecular complexity index is 1250. The van der Waals surface area contributed by atoms with Crippen LogP contribution < -0.4 is 9.46 Å². The number of nitrogens with one attached hydrogen (secondary N) is 1. The molecule has 7 nitrogen and oxygen atoms in total. The van der Waals surface area contributed by atoms with Crippen LogP contribution in [0.3, 0.4) is 0 Å². The molecule has 174 valence electrons. The second-order valence-corrected chi connectivity index (χ2v) is 11.7. The van der Waals surface area contributed by atoms with Crippen molar-refractivity contribution in [1.82, 2.24) is 0 Å². The Labute approximate surface area is 198 Å². The van der Waals surface area contributed by atoms with Crippen molar-refractivity contribution in [2.24, 2.45) is 11.3 Å². The number of carboxylic acid groups (broad SMARTS) is 1. The van der Waals surface area contributed by atoms with Gasteiger partial charge in [-0.3, -0.25) is 4.72 Å². The monoisotopic (exact) mass is 488 g/mol. The summed E-state index contributed by atoms with van der Waals surface area (Å²) in [7, 11) is -4.16. The summed E-state index contributed by atoms with van der Waals surface area (Å²) in [5, 5.41) is 18.9. The molecule has 2 aliphatic carbocycles. The highest BCUT2D eigenvalue weighted by atomic mass is 35.5. The van der Waals surface area contributed by atoms with E-state index in [0.717, 1.165) is 25.7 Å². The number of nitrogens with zero attached hydrogens (tertiary/aromatic N) is 1. The van der Waals surface area contributed by atoms with E-state index in [1.165, 1.54) is 24.3 Å². The van der Waals surface area contributed by atoms with Crippen LogP contribution in [0.2, 0.25) is 5.02 Å². The van der Waals surface area contributed by atoms with E-state index in [1.54, 1.807) is 6.07 Å². The molecule has 0 bridgehead atoms. The van der Waals surface area contributed by atoms with Crippen LogP contribution in [0.4, 0.5) is 5.69 Å². The molecule has 0 aliphatic heterocycles. The highest BCUT2D eigenvalue weighted by Gasteiger charge is 2.36. The number of rotatable bonds is 8. The molecule has 2 aromatic carbocycles. The summed E-state index contributed by atoms with van der Waals surface area (Å²) in [4.78, 5) is 11.4. The van der Waals surface area contributed by atoms with Gasteiger partial charge >= 0.3 is 5.97 Å². The predicted octanol–water partition coefficient (Wildman–Crippen LogP) is 5.40. The standard InChI is InChI=1S/C24H25ClN2O5S/c1-24(2)10-14(11-24)13-32-21-9-19(25)17(12-26)7-20(21)27-33(30,31)22-8-16(23(28)29)5-6-18(22)15-3-4-15/h5-9,14-15,27H,3-4,10-11,13H2,1-2H3,(H,28,29). The first kappa shape index (κ1) is 23.4. The Balaban J connectivity index is 1.67. The fourth-order valence-electron chi connectivity index (χ4n) is 4.50.